The normalized spacial score (nSPS) is 22.7. The molecule has 2 aliphatic rings. The lowest BCUT2D eigenvalue weighted by atomic mass is 10.1. The highest BCUT2D eigenvalue weighted by atomic mass is 32.2. The van der Waals surface area contributed by atoms with E-state index in [1.54, 1.807) is 12.4 Å². The highest BCUT2D eigenvalue weighted by Gasteiger charge is 2.35. The highest BCUT2D eigenvalue weighted by Crippen LogP contribution is 2.48. The number of hydrogen-bond donors (Lipinski definition) is 2. The van der Waals surface area contributed by atoms with Crippen LogP contribution in [-0.2, 0) is 6.54 Å². The topological polar surface area (TPSA) is 76.3 Å². The predicted molar refractivity (Wildman–Crippen MR) is 113 cm³/mol. The summed E-state index contributed by atoms with van der Waals surface area (Å²) in [6.07, 6.45) is 6.37. The smallest absolute Gasteiger partial charge is 0.151 e. The number of nitrogens with two attached hydrogens (primary N) is 2. The maximum Gasteiger partial charge on any atom is 0.151 e. The monoisotopic (exact) mass is 420 g/mol. The largest absolute Gasteiger partial charge is 0.392 e. The molecule has 1 saturated heterocycles. The lowest BCUT2D eigenvalue weighted by Crippen LogP contribution is -2.30. The summed E-state index contributed by atoms with van der Waals surface area (Å²) in [6, 6.07) is 4.12. The van der Waals surface area contributed by atoms with Gasteiger partial charge in [0.2, 0.25) is 0 Å². The van der Waals surface area contributed by atoms with Crippen molar-refractivity contribution >= 4 is 23.3 Å². The number of thioether (sulfide) groups is 1. The Bertz CT molecular complexity index is 894. The number of hydrogen-bond acceptors (Lipinski definition) is 6. The molecule has 0 amide bonds. The summed E-state index contributed by atoms with van der Waals surface area (Å²) in [7, 11) is 0. The molecule has 1 fully saturated rings. The van der Waals surface area contributed by atoms with Crippen LogP contribution in [0.15, 0.2) is 35.6 Å². The molecule has 1 aromatic heterocycles. The third-order valence-electron chi connectivity index (χ3n) is 5.46. The van der Waals surface area contributed by atoms with Crippen molar-refractivity contribution in [3.05, 3.63) is 52.8 Å². The molecule has 4 rings (SSSR count). The maximum absolute atomic E-state index is 14.6. The first kappa shape index (κ1) is 20.0. The summed E-state index contributed by atoms with van der Waals surface area (Å²) < 4.78 is 31.0. The molecule has 4 N–H and O–H groups in total. The van der Waals surface area contributed by atoms with Gasteiger partial charge in [0.25, 0.3) is 0 Å². The van der Waals surface area contributed by atoms with Crippen molar-refractivity contribution in [2.75, 3.05) is 22.9 Å². The van der Waals surface area contributed by atoms with Gasteiger partial charge in [-0.2, -0.15) is 5.10 Å². The SMILES string of the molecule is CCn1ncc(N2C=C(N)S[C@H]2c2c(F)cccc2F)c1N1CCCC(N)CC1. The fourth-order valence-electron chi connectivity index (χ4n) is 4.00. The van der Waals surface area contributed by atoms with Crippen LogP contribution in [0.4, 0.5) is 20.3 Å². The second-order valence-corrected chi connectivity index (χ2v) is 8.55. The van der Waals surface area contributed by atoms with Crippen molar-refractivity contribution in [3.63, 3.8) is 0 Å². The summed E-state index contributed by atoms with van der Waals surface area (Å²) in [5.41, 5.74) is 13.0. The summed E-state index contributed by atoms with van der Waals surface area (Å²) in [6.45, 7) is 4.40. The van der Waals surface area contributed by atoms with Crippen molar-refractivity contribution in [1.29, 1.82) is 0 Å². The molecule has 0 radical (unpaired) electrons. The lowest BCUT2D eigenvalue weighted by molar-refractivity contribution is 0.553. The number of aromatic nitrogens is 2. The molecule has 0 saturated carbocycles. The van der Waals surface area contributed by atoms with Gasteiger partial charge in [-0.1, -0.05) is 17.8 Å². The van der Waals surface area contributed by atoms with E-state index in [1.165, 1.54) is 30.0 Å². The van der Waals surface area contributed by atoms with Crippen LogP contribution in [0.25, 0.3) is 0 Å². The third-order valence-corrected chi connectivity index (χ3v) is 6.52. The molecular formula is C20H26F2N6S. The summed E-state index contributed by atoms with van der Waals surface area (Å²) >= 11 is 1.24. The molecular weight excluding hydrogens is 394 g/mol. The van der Waals surface area contributed by atoms with Gasteiger partial charge in [0, 0.05) is 31.9 Å². The van der Waals surface area contributed by atoms with Gasteiger partial charge in [-0.3, -0.25) is 0 Å². The molecule has 3 heterocycles. The number of anilines is 2. The minimum Gasteiger partial charge on any atom is -0.392 e. The zero-order chi connectivity index (χ0) is 20.5. The number of aryl methyl sites for hydroxylation is 1. The van der Waals surface area contributed by atoms with Gasteiger partial charge in [0.05, 0.1) is 16.8 Å². The Labute approximate surface area is 173 Å². The second kappa shape index (κ2) is 8.23. The van der Waals surface area contributed by atoms with Crippen molar-refractivity contribution in [1.82, 2.24) is 9.78 Å². The fraction of sp³-hybridized carbons (Fsp3) is 0.450. The first-order valence-corrected chi connectivity index (χ1v) is 10.8. The van der Waals surface area contributed by atoms with Crippen LogP contribution in [0.2, 0.25) is 0 Å². The van der Waals surface area contributed by atoms with E-state index in [0.717, 1.165) is 43.9 Å². The molecule has 0 spiro atoms. The molecule has 29 heavy (non-hydrogen) atoms. The van der Waals surface area contributed by atoms with E-state index in [4.69, 9.17) is 11.5 Å². The third kappa shape index (κ3) is 3.81. The van der Waals surface area contributed by atoms with Crippen LogP contribution in [-0.4, -0.2) is 28.9 Å². The van der Waals surface area contributed by atoms with E-state index in [1.807, 2.05) is 16.5 Å². The molecule has 1 aromatic carbocycles. The molecule has 2 aliphatic heterocycles. The average molecular weight is 421 g/mol. The van der Waals surface area contributed by atoms with Gasteiger partial charge in [-0.05, 0) is 38.3 Å². The molecule has 0 aliphatic carbocycles. The first-order chi connectivity index (χ1) is 14.0. The van der Waals surface area contributed by atoms with E-state index < -0.39 is 17.0 Å². The van der Waals surface area contributed by atoms with Crippen molar-refractivity contribution < 1.29 is 8.78 Å². The van der Waals surface area contributed by atoms with Gasteiger partial charge in [0.1, 0.15) is 22.7 Å². The number of benzene rings is 1. The minimum absolute atomic E-state index is 0.00212. The standard InChI is InChI=1S/C20H26F2N6S/c1-2-28-19(26-9-4-5-13(23)8-10-26)16(11-25-28)27-12-17(24)29-20(27)18-14(21)6-3-7-15(18)22/h3,6-7,11-13,20H,2,4-5,8-10,23-24H2,1H3/t13?,20-/m0/s1. The van der Waals surface area contributed by atoms with Crippen LogP contribution in [0.5, 0.6) is 0 Å². The predicted octanol–water partition coefficient (Wildman–Crippen LogP) is 3.51. The molecule has 2 atom stereocenters. The molecule has 9 heteroatoms. The molecule has 1 unspecified atom stereocenters. The van der Waals surface area contributed by atoms with Crippen LogP contribution < -0.4 is 21.3 Å². The van der Waals surface area contributed by atoms with Crippen LogP contribution >= 0.6 is 11.8 Å². The van der Waals surface area contributed by atoms with E-state index in [2.05, 4.69) is 10.00 Å². The van der Waals surface area contributed by atoms with Gasteiger partial charge in [-0.15, -0.1) is 0 Å². The van der Waals surface area contributed by atoms with Crippen LogP contribution in [0.1, 0.15) is 37.1 Å². The van der Waals surface area contributed by atoms with Gasteiger partial charge < -0.3 is 21.3 Å². The average Bonchev–Trinajstić information content (AvgIpc) is 3.20. The quantitative estimate of drug-likeness (QED) is 0.788. The molecule has 2 aromatic rings. The Balaban J connectivity index is 1.76. The summed E-state index contributed by atoms with van der Waals surface area (Å²) in [5, 5.41) is 4.42. The first-order valence-electron chi connectivity index (χ1n) is 9.92. The van der Waals surface area contributed by atoms with Crippen LogP contribution in [0.3, 0.4) is 0 Å². The van der Waals surface area contributed by atoms with Crippen molar-refractivity contribution in [3.8, 4) is 0 Å². The fourth-order valence-corrected chi connectivity index (χ4v) is 5.07. The number of rotatable bonds is 4. The summed E-state index contributed by atoms with van der Waals surface area (Å²) in [4.78, 5) is 4.11. The zero-order valence-electron chi connectivity index (χ0n) is 16.4. The van der Waals surface area contributed by atoms with E-state index in [-0.39, 0.29) is 11.6 Å². The van der Waals surface area contributed by atoms with Gasteiger partial charge in [-0.25, -0.2) is 13.5 Å². The Morgan fingerprint density at radius 3 is 2.69 bits per heavy atom. The van der Waals surface area contributed by atoms with Crippen molar-refractivity contribution in [2.24, 2.45) is 11.5 Å². The Hall–Kier alpha value is -2.26. The van der Waals surface area contributed by atoms with Crippen LogP contribution in [0, 0.1) is 11.6 Å². The molecule has 6 nitrogen and oxygen atoms in total. The van der Waals surface area contributed by atoms with Gasteiger partial charge in [0.15, 0.2) is 5.82 Å². The number of halogens is 2. The minimum atomic E-state index is -0.626. The molecule has 0 bridgehead atoms. The lowest BCUT2D eigenvalue weighted by Gasteiger charge is -2.30. The number of nitrogens with zero attached hydrogens (tertiary/aromatic N) is 4. The Kier molecular flexibility index (Phi) is 5.69. The van der Waals surface area contributed by atoms with E-state index in [0.29, 0.717) is 11.6 Å². The Morgan fingerprint density at radius 1 is 1.21 bits per heavy atom. The highest BCUT2D eigenvalue weighted by molar-refractivity contribution is 8.03. The Morgan fingerprint density at radius 2 is 1.97 bits per heavy atom. The zero-order valence-corrected chi connectivity index (χ0v) is 17.2. The van der Waals surface area contributed by atoms with Gasteiger partial charge >= 0.3 is 0 Å². The maximum atomic E-state index is 14.6. The van der Waals surface area contributed by atoms with Crippen molar-refractivity contribution in [2.45, 2.75) is 44.1 Å². The summed E-state index contributed by atoms with van der Waals surface area (Å²) in [5.74, 6) is -0.226. The van der Waals surface area contributed by atoms with E-state index >= 15 is 0 Å². The molecule has 156 valence electrons. The van der Waals surface area contributed by atoms with E-state index in [9.17, 15) is 8.78 Å². The second-order valence-electron chi connectivity index (χ2n) is 7.39.